The van der Waals surface area contributed by atoms with Gasteiger partial charge in [-0.25, -0.2) is 0 Å². The third-order valence-electron chi connectivity index (χ3n) is 3.33. The molecule has 0 aliphatic heterocycles. The van der Waals surface area contributed by atoms with Gasteiger partial charge in [0.05, 0.1) is 0 Å². The Morgan fingerprint density at radius 2 is 1.33 bits per heavy atom. The lowest BCUT2D eigenvalue weighted by Gasteiger charge is -2.28. The maximum Gasteiger partial charge on any atom is 0.306 e. The van der Waals surface area contributed by atoms with E-state index in [9.17, 15) is 19.8 Å². The average molecular weight is 346 g/mol. The fourth-order valence-corrected chi connectivity index (χ4v) is 2.19. The van der Waals surface area contributed by atoms with Gasteiger partial charge in [-0.05, 0) is 24.2 Å². The van der Waals surface area contributed by atoms with Crippen molar-refractivity contribution < 1.29 is 29.3 Å². The van der Waals surface area contributed by atoms with Crippen molar-refractivity contribution in [3.8, 4) is 0 Å². The van der Waals surface area contributed by atoms with Gasteiger partial charge in [0.2, 0.25) is 0 Å². The monoisotopic (exact) mass is 346 g/mol. The highest BCUT2D eigenvalue weighted by atomic mass is 16.6. The lowest BCUT2D eigenvalue weighted by Crippen LogP contribution is -2.43. The first kappa shape index (κ1) is 22.9. The number of esters is 2. The largest absolute Gasteiger partial charge is 0.463 e. The summed E-state index contributed by atoms with van der Waals surface area (Å²) in [7, 11) is 0. The molecule has 0 spiro atoms. The molecule has 3 unspecified atom stereocenters. The Labute approximate surface area is 145 Å². The molecule has 0 aromatic carbocycles. The third kappa shape index (κ3) is 10.6. The molecule has 0 aliphatic rings. The van der Waals surface area contributed by atoms with Crippen LogP contribution in [0.3, 0.4) is 0 Å². The van der Waals surface area contributed by atoms with Crippen LogP contribution in [-0.2, 0) is 19.1 Å². The molecule has 24 heavy (non-hydrogen) atoms. The van der Waals surface area contributed by atoms with Gasteiger partial charge in [0.15, 0.2) is 0 Å². The molecule has 0 radical (unpaired) electrons. The summed E-state index contributed by atoms with van der Waals surface area (Å²) in [4.78, 5) is 23.4. The molecule has 0 rings (SSSR count). The zero-order valence-corrected chi connectivity index (χ0v) is 15.8. The molecule has 6 nitrogen and oxygen atoms in total. The Hall–Kier alpha value is -1.14. The van der Waals surface area contributed by atoms with Gasteiger partial charge in [-0.3, -0.25) is 9.59 Å². The summed E-state index contributed by atoms with van der Waals surface area (Å²) >= 11 is 0. The number of carbonyl (C=O) groups is 2. The van der Waals surface area contributed by atoms with Crippen LogP contribution in [0.4, 0.5) is 0 Å². The Morgan fingerprint density at radius 3 is 1.79 bits per heavy atom. The topological polar surface area (TPSA) is 93.1 Å². The van der Waals surface area contributed by atoms with E-state index in [1.165, 1.54) is 0 Å². The van der Waals surface area contributed by atoms with Crippen LogP contribution in [0.25, 0.3) is 0 Å². The van der Waals surface area contributed by atoms with Crippen LogP contribution in [-0.4, -0.2) is 47.1 Å². The van der Waals surface area contributed by atoms with Crippen molar-refractivity contribution in [2.45, 2.75) is 79.1 Å². The summed E-state index contributed by atoms with van der Waals surface area (Å²) in [5.74, 6) is -0.346. The van der Waals surface area contributed by atoms with E-state index in [-0.39, 0.29) is 37.2 Å². The first-order valence-electron chi connectivity index (χ1n) is 8.74. The normalized spacial score (nSPS) is 15.5. The van der Waals surface area contributed by atoms with Crippen LogP contribution < -0.4 is 0 Å². The molecule has 0 aromatic heterocycles. The van der Waals surface area contributed by atoms with E-state index in [1.807, 2.05) is 41.5 Å². The van der Waals surface area contributed by atoms with Crippen molar-refractivity contribution in [3.05, 3.63) is 0 Å². The predicted molar refractivity (Wildman–Crippen MR) is 91.2 cm³/mol. The summed E-state index contributed by atoms with van der Waals surface area (Å²) in [6, 6.07) is 0. The van der Waals surface area contributed by atoms with E-state index < -0.39 is 30.3 Å². The van der Waals surface area contributed by atoms with Crippen molar-refractivity contribution in [2.24, 2.45) is 17.8 Å². The number of hydrogen-bond acceptors (Lipinski definition) is 6. The molecule has 0 amide bonds. The molecule has 0 saturated heterocycles. The van der Waals surface area contributed by atoms with E-state index in [0.29, 0.717) is 6.42 Å². The summed E-state index contributed by atoms with van der Waals surface area (Å²) in [6.45, 7) is 11.1. The Kier molecular flexibility index (Phi) is 10.9. The van der Waals surface area contributed by atoms with E-state index in [4.69, 9.17) is 9.47 Å². The molecule has 6 heteroatoms. The SMILES string of the molecule is CC(C)CC(=O)OCC(O)C(O)C(CC(C)C)OC(=O)CC(C)C. The molecule has 0 saturated carbocycles. The maximum absolute atomic E-state index is 11.9. The van der Waals surface area contributed by atoms with E-state index in [0.717, 1.165) is 0 Å². The van der Waals surface area contributed by atoms with Crippen molar-refractivity contribution in [3.63, 3.8) is 0 Å². The molecule has 0 aliphatic carbocycles. The maximum atomic E-state index is 11.9. The fourth-order valence-electron chi connectivity index (χ4n) is 2.19. The van der Waals surface area contributed by atoms with Gasteiger partial charge in [0.1, 0.15) is 24.9 Å². The molecule has 0 aromatic rings. The second-order valence-corrected chi connectivity index (χ2v) is 7.59. The van der Waals surface area contributed by atoms with Gasteiger partial charge in [0, 0.05) is 12.8 Å². The van der Waals surface area contributed by atoms with Gasteiger partial charge >= 0.3 is 11.9 Å². The van der Waals surface area contributed by atoms with E-state index in [2.05, 4.69) is 0 Å². The van der Waals surface area contributed by atoms with Gasteiger partial charge in [0.25, 0.3) is 0 Å². The van der Waals surface area contributed by atoms with Crippen molar-refractivity contribution in [1.82, 2.24) is 0 Å². The van der Waals surface area contributed by atoms with E-state index >= 15 is 0 Å². The lowest BCUT2D eigenvalue weighted by atomic mass is 9.98. The van der Waals surface area contributed by atoms with Gasteiger partial charge < -0.3 is 19.7 Å². The van der Waals surface area contributed by atoms with Gasteiger partial charge in [-0.1, -0.05) is 41.5 Å². The molecular formula is C18H34O6. The highest BCUT2D eigenvalue weighted by molar-refractivity contribution is 5.70. The Bertz CT molecular complexity index is 378. The number of ether oxygens (including phenoxy) is 2. The van der Waals surface area contributed by atoms with Crippen LogP contribution in [0.5, 0.6) is 0 Å². The van der Waals surface area contributed by atoms with Gasteiger partial charge in [-0.15, -0.1) is 0 Å². The summed E-state index contributed by atoms with van der Waals surface area (Å²) in [6.07, 6.45) is -2.49. The summed E-state index contributed by atoms with van der Waals surface area (Å²) in [5, 5.41) is 20.3. The molecule has 0 fully saturated rings. The first-order chi connectivity index (χ1) is 11.0. The quantitative estimate of drug-likeness (QED) is 0.558. The second-order valence-electron chi connectivity index (χ2n) is 7.59. The van der Waals surface area contributed by atoms with Crippen molar-refractivity contribution >= 4 is 11.9 Å². The van der Waals surface area contributed by atoms with Crippen molar-refractivity contribution in [2.75, 3.05) is 6.61 Å². The second kappa shape index (κ2) is 11.4. The Balaban J connectivity index is 4.63. The average Bonchev–Trinajstić information content (AvgIpc) is 2.41. The van der Waals surface area contributed by atoms with Crippen LogP contribution in [0.2, 0.25) is 0 Å². The lowest BCUT2D eigenvalue weighted by molar-refractivity contribution is -0.168. The standard InChI is InChI=1S/C18H34O6/c1-11(2)7-15(24-17(21)9-13(5)6)18(22)14(19)10-23-16(20)8-12(3)4/h11-15,18-19,22H,7-10H2,1-6H3. The highest BCUT2D eigenvalue weighted by Crippen LogP contribution is 2.17. The molecular weight excluding hydrogens is 312 g/mol. The fraction of sp³-hybridized carbons (Fsp3) is 0.889. The molecule has 3 atom stereocenters. The third-order valence-corrected chi connectivity index (χ3v) is 3.33. The number of aliphatic hydroxyl groups excluding tert-OH is 2. The van der Waals surface area contributed by atoms with Crippen LogP contribution in [0.1, 0.15) is 60.8 Å². The number of rotatable bonds is 11. The first-order valence-corrected chi connectivity index (χ1v) is 8.74. The number of carbonyl (C=O) groups excluding carboxylic acids is 2. The minimum Gasteiger partial charge on any atom is -0.463 e. The molecule has 0 bridgehead atoms. The minimum absolute atomic E-state index is 0.149. The highest BCUT2D eigenvalue weighted by Gasteiger charge is 2.31. The number of hydrogen-bond donors (Lipinski definition) is 2. The smallest absolute Gasteiger partial charge is 0.306 e. The number of aliphatic hydroxyl groups is 2. The van der Waals surface area contributed by atoms with Crippen LogP contribution in [0.15, 0.2) is 0 Å². The van der Waals surface area contributed by atoms with Crippen LogP contribution in [0, 0.1) is 17.8 Å². The summed E-state index contributed by atoms with van der Waals surface area (Å²) in [5.41, 5.74) is 0. The van der Waals surface area contributed by atoms with Crippen molar-refractivity contribution in [1.29, 1.82) is 0 Å². The van der Waals surface area contributed by atoms with E-state index in [1.54, 1.807) is 0 Å². The predicted octanol–water partition coefficient (Wildman–Crippen LogP) is 2.30. The molecule has 142 valence electrons. The van der Waals surface area contributed by atoms with Crippen LogP contribution >= 0.6 is 0 Å². The van der Waals surface area contributed by atoms with Gasteiger partial charge in [-0.2, -0.15) is 0 Å². The minimum atomic E-state index is -1.30. The zero-order chi connectivity index (χ0) is 18.9. The Morgan fingerprint density at radius 1 is 0.833 bits per heavy atom. The zero-order valence-electron chi connectivity index (χ0n) is 15.8. The summed E-state index contributed by atoms with van der Waals surface area (Å²) < 4.78 is 10.3. The molecule has 0 heterocycles. The molecule has 2 N–H and O–H groups in total.